The molecular weight excluding hydrogens is 370 g/mol. The van der Waals surface area contributed by atoms with Gasteiger partial charge in [-0.05, 0) is 30.7 Å². The second-order valence-corrected chi connectivity index (χ2v) is 8.86. The number of rotatable bonds is 20. The van der Waals surface area contributed by atoms with E-state index in [0.717, 1.165) is 18.5 Å². The molecule has 1 amide bonds. The van der Waals surface area contributed by atoms with Gasteiger partial charge >= 0.3 is 0 Å². The minimum absolute atomic E-state index is 0.0668. The van der Waals surface area contributed by atoms with Crippen molar-refractivity contribution in [3.05, 3.63) is 24.3 Å². The first kappa shape index (κ1) is 26.5. The number of anilines is 1. The van der Waals surface area contributed by atoms with Crippen molar-refractivity contribution in [2.45, 2.75) is 129 Å². The van der Waals surface area contributed by atoms with E-state index in [1.54, 1.807) is 24.3 Å². The van der Waals surface area contributed by atoms with Gasteiger partial charge in [0.05, 0.1) is 0 Å². The van der Waals surface area contributed by atoms with Crippen LogP contribution in [0.3, 0.4) is 0 Å². The third-order valence-electron chi connectivity index (χ3n) is 5.91. The Morgan fingerprint density at radius 2 is 1.00 bits per heavy atom. The van der Waals surface area contributed by atoms with Crippen LogP contribution in [0.1, 0.15) is 129 Å². The zero-order valence-corrected chi connectivity index (χ0v) is 19.6. The monoisotopic (exact) mass is 417 g/mol. The van der Waals surface area contributed by atoms with Crippen LogP contribution in [0.5, 0.6) is 5.75 Å². The Morgan fingerprint density at radius 1 is 0.633 bits per heavy atom. The zero-order valence-electron chi connectivity index (χ0n) is 19.6. The summed E-state index contributed by atoms with van der Waals surface area (Å²) in [7, 11) is 0. The molecule has 0 aromatic heterocycles. The molecule has 0 spiro atoms. The Labute approximate surface area is 186 Å². The maximum Gasteiger partial charge on any atom is 0.224 e. The molecule has 0 aliphatic carbocycles. The SMILES string of the molecule is CCCCCCCCCCCCCCCCCCCCC(=O)Nc1ccc(O)cc1. The highest BCUT2D eigenvalue weighted by Crippen LogP contribution is 2.16. The quantitative estimate of drug-likeness (QED) is 0.164. The van der Waals surface area contributed by atoms with E-state index in [0.29, 0.717) is 6.42 Å². The third kappa shape index (κ3) is 16.3. The van der Waals surface area contributed by atoms with Gasteiger partial charge in [-0.15, -0.1) is 0 Å². The Bertz CT molecular complexity index is 512. The molecule has 1 aromatic carbocycles. The lowest BCUT2D eigenvalue weighted by molar-refractivity contribution is -0.116. The topological polar surface area (TPSA) is 49.3 Å². The normalized spacial score (nSPS) is 11.0. The van der Waals surface area contributed by atoms with E-state index in [1.807, 2.05) is 0 Å². The molecule has 0 bridgehead atoms. The van der Waals surface area contributed by atoms with Gasteiger partial charge in [0.15, 0.2) is 0 Å². The van der Waals surface area contributed by atoms with Gasteiger partial charge in [0.25, 0.3) is 0 Å². The lowest BCUT2D eigenvalue weighted by Crippen LogP contribution is -2.10. The Kier molecular flexibility index (Phi) is 17.2. The van der Waals surface area contributed by atoms with Crippen LogP contribution in [0.15, 0.2) is 24.3 Å². The summed E-state index contributed by atoms with van der Waals surface area (Å²) in [6, 6.07) is 6.63. The molecule has 30 heavy (non-hydrogen) atoms. The second-order valence-electron chi connectivity index (χ2n) is 8.86. The lowest BCUT2D eigenvalue weighted by atomic mass is 10.0. The maximum atomic E-state index is 11.9. The summed E-state index contributed by atoms with van der Waals surface area (Å²) in [5, 5.41) is 12.1. The van der Waals surface area contributed by atoms with Crippen molar-refractivity contribution in [2.24, 2.45) is 0 Å². The maximum absolute atomic E-state index is 11.9. The van der Waals surface area contributed by atoms with E-state index in [4.69, 9.17) is 0 Å². The molecule has 0 radical (unpaired) electrons. The van der Waals surface area contributed by atoms with Crippen LogP contribution in [-0.4, -0.2) is 11.0 Å². The molecule has 0 aliphatic heterocycles. The molecule has 172 valence electrons. The molecule has 0 atom stereocenters. The predicted molar refractivity (Wildman–Crippen MR) is 130 cm³/mol. The molecule has 0 saturated heterocycles. The number of amides is 1. The molecule has 1 aromatic rings. The van der Waals surface area contributed by atoms with Gasteiger partial charge < -0.3 is 10.4 Å². The zero-order chi connectivity index (χ0) is 21.7. The Morgan fingerprint density at radius 3 is 1.40 bits per heavy atom. The van der Waals surface area contributed by atoms with Crippen LogP contribution in [0.2, 0.25) is 0 Å². The number of phenolic OH excluding ortho intramolecular Hbond substituents is 1. The number of carbonyl (C=O) groups excluding carboxylic acids is 1. The summed E-state index contributed by atoms with van der Waals surface area (Å²) < 4.78 is 0. The lowest BCUT2D eigenvalue weighted by Gasteiger charge is -2.06. The van der Waals surface area contributed by atoms with E-state index < -0.39 is 0 Å². The van der Waals surface area contributed by atoms with Crippen molar-refractivity contribution < 1.29 is 9.90 Å². The first-order chi connectivity index (χ1) is 14.7. The van der Waals surface area contributed by atoms with Crippen molar-refractivity contribution in [2.75, 3.05) is 5.32 Å². The number of carbonyl (C=O) groups is 1. The number of aromatic hydroxyl groups is 1. The summed E-state index contributed by atoms with van der Waals surface area (Å²) in [6.45, 7) is 2.28. The van der Waals surface area contributed by atoms with E-state index in [-0.39, 0.29) is 11.7 Å². The predicted octanol–water partition coefficient (Wildman–Crippen LogP) is 8.76. The van der Waals surface area contributed by atoms with Gasteiger partial charge in [-0.2, -0.15) is 0 Å². The highest BCUT2D eigenvalue weighted by atomic mass is 16.3. The van der Waals surface area contributed by atoms with Crippen LogP contribution < -0.4 is 5.32 Å². The molecule has 3 heteroatoms. The molecule has 0 fully saturated rings. The minimum atomic E-state index is 0.0668. The fourth-order valence-electron chi connectivity index (χ4n) is 3.96. The van der Waals surface area contributed by atoms with Gasteiger partial charge in [0.2, 0.25) is 5.91 Å². The largest absolute Gasteiger partial charge is 0.508 e. The Balaban J connectivity index is 1.76. The average molecular weight is 418 g/mol. The van der Waals surface area contributed by atoms with Crippen LogP contribution in [0, 0.1) is 0 Å². The van der Waals surface area contributed by atoms with Crippen molar-refractivity contribution in [1.82, 2.24) is 0 Å². The molecule has 2 N–H and O–H groups in total. The summed E-state index contributed by atoms with van der Waals surface area (Å²) in [6.07, 6.45) is 25.0. The van der Waals surface area contributed by atoms with Crippen LogP contribution in [0.4, 0.5) is 5.69 Å². The molecule has 0 saturated carbocycles. The van der Waals surface area contributed by atoms with Crippen molar-refractivity contribution >= 4 is 11.6 Å². The van der Waals surface area contributed by atoms with Crippen molar-refractivity contribution in [3.63, 3.8) is 0 Å². The second kappa shape index (κ2) is 19.5. The number of hydrogen-bond donors (Lipinski definition) is 2. The molecule has 1 rings (SSSR count). The molecule has 0 unspecified atom stereocenters. The van der Waals surface area contributed by atoms with Gasteiger partial charge in [-0.3, -0.25) is 4.79 Å². The van der Waals surface area contributed by atoms with E-state index in [9.17, 15) is 9.90 Å². The summed E-state index contributed by atoms with van der Waals surface area (Å²) in [5.41, 5.74) is 0.750. The number of nitrogens with one attached hydrogen (secondary N) is 1. The van der Waals surface area contributed by atoms with Gasteiger partial charge in [0, 0.05) is 12.1 Å². The number of phenols is 1. The van der Waals surface area contributed by atoms with Crippen molar-refractivity contribution in [1.29, 1.82) is 0 Å². The summed E-state index contributed by atoms with van der Waals surface area (Å²) in [4.78, 5) is 11.9. The fraction of sp³-hybridized carbons (Fsp3) is 0.741. The van der Waals surface area contributed by atoms with E-state index in [2.05, 4.69) is 12.2 Å². The molecule has 0 aliphatic rings. The van der Waals surface area contributed by atoms with E-state index in [1.165, 1.54) is 103 Å². The third-order valence-corrected chi connectivity index (χ3v) is 5.91. The smallest absolute Gasteiger partial charge is 0.224 e. The number of hydrogen-bond acceptors (Lipinski definition) is 2. The molecule has 0 heterocycles. The minimum Gasteiger partial charge on any atom is -0.508 e. The van der Waals surface area contributed by atoms with E-state index >= 15 is 0 Å². The highest BCUT2D eigenvalue weighted by Gasteiger charge is 2.02. The summed E-state index contributed by atoms with van der Waals surface area (Å²) >= 11 is 0. The van der Waals surface area contributed by atoms with Gasteiger partial charge in [-0.1, -0.05) is 116 Å². The summed E-state index contributed by atoms with van der Waals surface area (Å²) in [5.74, 6) is 0.286. The fourth-order valence-corrected chi connectivity index (χ4v) is 3.96. The number of unbranched alkanes of at least 4 members (excludes halogenated alkanes) is 17. The van der Waals surface area contributed by atoms with Crippen LogP contribution >= 0.6 is 0 Å². The average Bonchev–Trinajstić information content (AvgIpc) is 2.74. The molecule has 3 nitrogen and oxygen atoms in total. The number of benzene rings is 1. The van der Waals surface area contributed by atoms with Gasteiger partial charge in [-0.25, -0.2) is 0 Å². The Hall–Kier alpha value is -1.51. The first-order valence-electron chi connectivity index (χ1n) is 12.8. The molecular formula is C27H47NO2. The highest BCUT2D eigenvalue weighted by molar-refractivity contribution is 5.90. The van der Waals surface area contributed by atoms with Gasteiger partial charge in [0.1, 0.15) is 5.75 Å². The van der Waals surface area contributed by atoms with Crippen LogP contribution in [0.25, 0.3) is 0 Å². The van der Waals surface area contributed by atoms with Crippen molar-refractivity contribution in [3.8, 4) is 5.75 Å². The first-order valence-corrected chi connectivity index (χ1v) is 12.8. The standard InChI is InChI=1S/C27H47NO2/c1-2-3-4-5-6-7-8-9-10-11-12-13-14-15-16-17-18-19-20-27(30)28-25-21-23-26(29)24-22-25/h21-24,29H,2-20H2,1H3,(H,28,30). The van der Waals surface area contributed by atoms with Crippen LogP contribution in [-0.2, 0) is 4.79 Å².